The zero-order valence-corrected chi connectivity index (χ0v) is 20.0. The van der Waals surface area contributed by atoms with Gasteiger partial charge in [0.15, 0.2) is 0 Å². The van der Waals surface area contributed by atoms with Crippen molar-refractivity contribution in [1.82, 2.24) is 19.2 Å². The summed E-state index contributed by atoms with van der Waals surface area (Å²) < 4.78 is 16.8. The molecule has 2 aromatic carbocycles. The van der Waals surface area contributed by atoms with Gasteiger partial charge in [0.2, 0.25) is 0 Å². The Morgan fingerprint density at radius 2 is 1.70 bits per heavy atom. The summed E-state index contributed by atoms with van der Waals surface area (Å²) in [5.74, 6) is 0.478. The molecule has 0 amide bonds. The Labute approximate surface area is 196 Å². The summed E-state index contributed by atoms with van der Waals surface area (Å²) in [5, 5.41) is 0. The molecule has 1 fully saturated rings. The standard InChI is InChI=1S/C27H35FN4O/c1-21-26(27(33)32(30(21)3)25-7-5-4-6-8-25)20-29(2)19-23-14-17-31(18-15-23)16-13-22-9-11-24(28)12-10-22/h4-12,23H,13-20H2,1-3H3. The first-order valence-electron chi connectivity index (χ1n) is 11.9. The predicted octanol–water partition coefficient (Wildman–Crippen LogP) is 4.01. The first-order chi connectivity index (χ1) is 15.9. The average molecular weight is 451 g/mol. The molecule has 0 N–H and O–H groups in total. The summed E-state index contributed by atoms with van der Waals surface area (Å²) in [7, 11) is 4.08. The highest BCUT2D eigenvalue weighted by molar-refractivity contribution is 5.33. The van der Waals surface area contributed by atoms with Crippen molar-refractivity contribution in [3.63, 3.8) is 0 Å². The maximum atomic E-state index is 13.2. The largest absolute Gasteiger partial charge is 0.303 e. The molecule has 0 bridgehead atoms. The number of piperidine rings is 1. The summed E-state index contributed by atoms with van der Waals surface area (Å²) in [4.78, 5) is 18.0. The fraction of sp³-hybridized carbons (Fsp3) is 0.444. The lowest BCUT2D eigenvalue weighted by molar-refractivity contribution is 0.153. The Morgan fingerprint density at radius 3 is 2.36 bits per heavy atom. The van der Waals surface area contributed by atoms with Gasteiger partial charge in [0.1, 0.15) is 5.82 Å². The van der Waals surface area contributed by atoms with E-state index < -0.39 is 0 Å². The van der Waals surface area contributed by atoms with Gasteiger partial charge < -0.3 is 9.80 Å². The van der Waals surface area contributed by atoms with Crippen LogP contribution in [0.25, 0.3) is 5.69 Å². The van der Waals surface area contributed by atoms with Crippen LogP contribution in [-0.2, 0) is 20.0 Å². The van der Waals surface area contributed by atoms with Crippen LogP contribution in [-0.4, -0.2) is 52.4 Å². The zero-order valence-electron chi connectivity index (χ0n) is 20.0. The zero-order chi connectivity index (χ0) is 23.4. The number of benzene rings is 2. The number of halogens is 1. The normalized spacial score (nSPS) is 15.4. The first kappa shape index (κ1) is 23.5. The van der Waals surface area contributed by atoms with E-state index in [4.69, 9.17) is 0 Å². The molecule has 176 valence electrons. The molecule has 0 atom stereocenters. The van der Waals surface area contributed by atoms with Crippen LogP contribution in [0.5, 0.6) is 0 Å². The van der Waals surface area contributed by atoms with Crippen molar-refractivity contribution in [2.24, 2.45) is 13.0 Å². The number of hydrogen-bond donors (Lipinski definition) is 0. The number of nitrogens with zero attached hydrogens (tertiary/aromatic N) is 4. The molecule has 0 saturated carbocycles. The lowest BCUT2D eigenvalue weighted by Crippen LogP contribution is -2.38. The highest BCUT2D eigenvalue weighted by Crippen LogP contribution is 2.20. The number of para-hydroxylation sites is 1. The molecule has 0 spiro atoms. The minimum Gasteiger partial charge on any atom is -0.303 e. The second-order valence-electron chi connectivity index (χ2n) is 9.40. The molecule has 1 aliphatic heterocycles. The highest BCUT2D eigenvalue weighted by atomic mass is 19.1. The van der Waals surface area contributed by atoms with Gasteiger partial charge in [0.25, 0.3) is 5.56 Å². The Balaban J connectivity index is 1.29. The quantitative estimate of drug-likeness (QED) is 0.520. The van der Waals surface area contributed by atoms with Crippen molar-refractivity contribution in [2.75, 3.05) is 33.2 Å². The van der Waals surface area contributed by atoms with Crippen LogP contribution < -0.4 is 5.56 Å². The molecule has 0 aliphatic carbocycles. The van der Waals surface area contributed by atoms with Crippen molar-refractivity contribution in [3.8, 4) is 5.69 Å². The van der Waals surface area contributed by atoms with Crippen molar-refractivity contribution in [3.05, 3.63) is 87.6 Å². The number of rotatable bonds is 8. The lowest BCUT2D eigenvalue weighted by Gasteiger charge is -2.33. The molecule has 1 aromatic heterocycles. The van der Waals surface area contributed by atoms with E-state index in [0.717, 1.165) is 49.5 Å². The second-order valence-corrected chi connectivity index (χ2v) is 9.40. The number of hydrogen-bond acceptors (Lipinski definition) is 3. The van der Waals surface area contributed by atoms with Crippen molar-refractivity contribution < 1.29 is 4.39 Å². The Bertz CT molecular complexity index is 1100. The maximum absolute atomic E-state index is 13.2. The molecular formula is C27H35FN4O. The molecule has 1 aliphatic rings. The van der Waals surface area contributed by atoms with Gasteiger partial charge in [0, 0.05) is 32.4 Å². The van der Waals surface area contributed by atoms with E-state index in [2.05, 4.69) is 16.8 Å². The van der Waals surface area contributed by atoms with Crippen molar-refractivity contribution in [2.45, 2.75) is 32.7 Å². The van der Waals surface area contributed by atoms with Gasteiger partial charge >= 0.3 is 0 Å². The Hall–Kier alpha value is -2.70. The summed E-state index contributed by atoms with van der Waals surface area (Å²) >= 11 is 0. The molecule has 5 nitrogen and oxygen atoms in total. The van der Waals surface area contributed by atoms with Gasteiger partial charge in [-0.25, -0.2) is 9.07 Å². The molecule has 4 rings (SSSR count). The lowest BCUT2D eigenvalue weighted by atomic mass is 9.96. The highest BCUT2D eigenvalue weighted by Gasteiger charge is 2.22. The van der Waals surface area contributed by atoms with Crippen molar-refractivity contribution >= 4 is 0 Å². The van der Waals surface area contributed by atoms with Gasteiger partial charge in [-0.1, -0.05) is 30.3 Å². The van der Waals surface area contributed by atoms with Gasteiger partial charge in [-0.15, -0.1) is 0 Å². The van der Waals surface area contributed by atoms with E-state index >= 15 is 0 Å². The molecular weight excluding hydrogens is 415 g/mol. The minimum absolute atomic E-state index is 0.0728. The number of aromatic nitrogens is 2. The van der Waals surface area contributed by atoms with E-state index in [0.29, 0.717) is 12.5 Å². The predicted molar refractivity (Wildman–Crippen MR) is 131 cm³/mol. The fourth-order valence-electron chi connectivity index (χ4n) is 4.91. The summed E-state index contributed by atoms with van der Waals surface area (Å²) in [5.41, 5.74) is 4.06. The summed E-state index contributed by atoms with van der Waals surface area (Å²) in [6, 6.07) is 16.7. The third-order valence-corrected chi connectivity index (χ3v) is 7.01. The van der Waals surface area contributed by atoms with Crippen LogP contribution in [0.3, 0.4) is 0 Å². The summed E-state index contributed by atoms with van der Waals surface area (Å²) in [6.07, 6.45) is 3.32. The van der Waals surface area contributed by atoms with Crippen LogP contribution in [0.2, 0.25) is 0 Å². The molecule has 1 saturated heterocycles. The minimum atomic E-state index is -0.173. The van der Waals surface area contributed by atoms with Crippen molar-refractivity contribution in [1.29, 1.82) is 0 Å². The number of likely N-dealkylation sites (tertiary alicyclic amines) is 1. The van der Waals surface area contributed by atoms with Crippen LogP contribution in [0.15, 0.2) is 59.4 Å². The first-order valence-corrected chi connectivity index (χ1v) is 11.9. The van der Waals surface area contributed by atoms with Gasteiger partial charge in [0.05, 0.1) is 11.3 Å². The molecule has 33 heavy (non-hydrogen) atoms. The maximum Gasteiger partial charge on any atom is 0.276 e. The molecule has 6 heteroatoms. The second kappa shape index (κ2) is 10.5. The van der Waals surface area contributed by atoms with E-state index in [1.165, 1.54) is 18.4 Å². The van der Waals surface area contributed by atoms with E-state index in [9.17, 15) is 9.18 Å². The monoisotopic (exact) mass is 450 g/mol. The van der Waals surface area contributed by atoms with Gasteiger partial charge in [-0.3, -0.25) is 9.48 Å². The molecule has 3 aromatic rings. The van der Waals surface area contributed by atoms with Crippen LogP contribution >= 0.6 is 0 Å². The molecule has 0 unspecified atom stereocenters. The Morgan fingerprint density at radius 1 is 1.03 bits per heavy atom. The van der Waals surface area contributed by atoms with Gasteiger partial charge in [-0.05, 0) is 82.1 Å². The SMILES string of the molecule is Cc1c(CN(C)CC2CCN(CCc3ccc(F)cc3)CC2)c(=O)n(-c2ccccc2)n1C. The third kappa shape index (κ3) is 5.63. The van der Waals surface area contributed by atoms with E-state index in [-0.39, 0.29) is 11.4 Å². The van der Waals surface area contributed by atoms with Crippen LogP contribution in [0.4, 0.5) is 4.39 Å². The smallest absolute Gasteiger partial charge is 0.276 e. The molecule has 0 radical (unpaired) electrons. The Kier molecular flexibility index (Phi) is 7.46. The molecule has 2 heterocycles. The van der Waals surface area contributed by atoms with E-state index in [1.807, 2.05) is 61.1 Å². The topological polar surface area (TPSA) is 33.4 Å². The van der Waals surface area contributed by atoms with Gasteiger partial charge in [-0.2, -0.15) is 0 Å². The fourth-order valence-corrected chi connectivity index (χ4v) is 4.91. The third-order valence-electron chi connectivity index (χ3n) is 7.01. The van der Waals surface area contributed by atoms with Crippen LogP contribution in [0, 0.1) is 18.7 Å². The van der Waals surface area contributed by atoms with Crippen LogP contribution in [0.1, 0.15) is 29.7 Å². The average Bonchev–Trinajstić information content (AvgIpc) is 3.03. The summed E-state index contributed by atoms with van der Waals surface area (Å²) in [6.45, 7) is 6.93. The van der Waals surface area contributed by atoms with E-state index in [1.54, 1.807) is 16.8 Å².